The Morgan fingerprint density at radius 2 is 2.06 bits per heavy atom. The summed E-state index contributed by atoms with van der Waals surface area (Å²) in [5, 5.41) is -0.456. The highest BCUT2D eigenvalue weighted by Gasteiger charge is 2.56. The Balaban J connectivity index is 1.89. The number of hydrogen-bond donors (Lipinski definition) is 1. The zero-order valence-electron chi connectivity index (χ0n) is 10.00. The molecule has 2 N–H and O–H groups in total. The fourth-order valence-corrected chi connectivity index (χ4v) is 4.22. The fraction of sp³-hybridized carbons (Fsp3) is 0.500. The minimum absolute atomic E-state index is 0.121. The lowest BCUT2D eigenvalue weighted by Crippen LogP contribution is -2.17. The van der Waals surface area contributed by atoms with Crippen LogP contribution in [0.3, 0.4) is 0 Å². The van der Waals surface area contributed by atoms with Gasteiger partial charge in [0, 0.05) is 17.7 Å². The molecule has 3 atom stereocenters. The van der Waals surface area contributed by atoms with Gasteiger partial charge >= 0.3 is 0 Å². The molecule has 1 aliphatic carbocycles. The van der Waals surface area contributed by atoms with Crippen LogP contribution in [-0.4, -0.2) is 32.3 Å². The van der Waals surface area contributed by atoms with Gasteiger partial charge in [-0.3, -0.25) is 0 Å². The molecule has 98 valence electrons. The summed E-state index contributed by atoms with van der Waals surface area (Å²) in [6.07, 6.45) is 0. The van der Waals surface area contributed by atoms with Gasteiger partial charge in [-0.15, -0.1) is 0 Å². The van der Waals surface area contributed by atoms with E-state index in [1.165, 1.54) is 0 Å². The maximum absolute atomic E-state index is 11.9. The zero-order chi connectivity index (χ0) is 12.9. The third-order valence-electron chi connectivity index (χ3n) is 3.61. The summed E-state index contributed by atoms with van der Waals surface area (Å²) in [5.41, 5.74) is 6.81. The van der Waals surface area contributed by atoms with Gasteiger partial charge in [-0.1, -0.05) is 13.0 Å². The Kier molecular flexibility index (Phi) is 2.53. The van der Waals surface area contributed by atoms with Gasteiger partial charge in [0.1, 0.15) is 0 Å². The molecule has 6 heteroatoms. The molecular formula is C12H15NO4S. The van der Waals surface area contributed by atoms with Gasteiger partial charge in [0.05, 0.1) is 5.25 Å². The monoisotopic (exact) mass is 269 g/mol. The maximum Gasteiger partial charge on any atom is 0.231 e. The molecule has 0 aromatic heterocycles. The number of fused-ring (bicyclic) bond motifs is 1. The van der Waals surface area contributed by atoms with E-state index in [0.29, 0.717) is 11.5 Å². The van der Waals surface area contributed by atoms with Crippen molar-refractivity contribution in [1.29, 1.82) is 0 Å². The Bertz CT molecular complexity index is 584. The second kappa shape index (κ2) is 3.86. The molecule has 1 fully saturated rings. The van der Waals surface area contributed by atoms with E-state index in [-0.39, 0.29) is 24.5 Å². The highest BCUT2D eigenvalue weighted by molar-refractivity contribution is 7.92. The summed E-state index contributed by atoms with van der Waals surface area (Å²) < 4.78 is 34.2. The highest BCUT2D eigenvalue weighted by Crippen LogP contribution is 2.47. The smallest absolute Gasteiger partial charge is 0.231 e. The van der Waals surface area contributed by atoms with Crippen molar-refractivity contribution in [3.8, 4) is 11.5 Å². The number of rotatable bonds is 3. The number of hydrogen-bond acceptors (Lipinski definition) is 5. The third kappa shape index (κ3) is 1.67. The van der Waals surface area contributed by atoms with Crippen LogP contribution >= 0.6 is 0 Å². The lowest BCUT2D eigenvalue weighted by atomic mass is 10.1. The van der Waals surface area contributed by atoms with Gasteiger partial charge < -0.3 is 15.2 Å². The maximum atomic E-state index is 11.9. The lowest BCUT2D eigenvalue weighted by Gasteiger charge is -2.02. The van der Waals surface area contributed by atoms with Crippen LogP contribution in [0.2, 0.25) is 0 Å². The normalized spacial score (nSPS) is 29.3. The van der Waals surface area contributed by atoms with Crippen molar-refractivity contribution < 1.29 is 17.9 Å². The van der Waals surface area contributed by atoms with Crippen molar-refractivity contribution in [3.63, 3.8) is 0 Å². The minimum Gasteiger partial charge on any atom is -0.454 e. The SMILES string of the molecule is CCS(=O)(=O)[C@H]1[C@H](N)[C@@H]1c1ccc2c(c1)OCO2. The number of ether oxygens (including phenoxy) is 2. The Morgan fingerprint density at radius 3 is 2.78 bits per heavy atom. The van der Waals surface area contributed by atoms with E-state index in [2.05, 4.69) is 0 Å². The molecule has 1 aliphatic heterocycles. The first-order valence-electron chi connectivity index (χ1n) is 5.91. The molecule has 1 aromatic rings. The molecule has 1 heterocycles. The van der Waals surface area contributed by atoms with E-state index in [1.54, 1.807) is 13.0 Å². The molecule has 2 aliphatic rings. The van der Waals surface area contributed by atoms with Crippen LogP contribution in [-0.2, 0) is 9.84 Å². The van der Waals surface area contributed by atoms with Gasteiger partial charge in [0.15, 0.2) is 21.3 Å². The van der Waals surface area contributed by atoms with Gasteiger partial charge in [0.2, 0.25) is 6.79 Å². The first-order chi connectivity index (χ1) is 8.54. The molecule has 0 saturated heterocycles. The minimum atomic E-state index is -3.08. The molecule has 1 aromatic carbocycles. The Hall–Kier alpha value is -1.27. The summed E-state index contributed by atoms with van der Waals surface area (Å²) in [4.78, 5) is 0. The van der Waals surface area contributed by atoms with Crippen LogP contribution in [0.5, 0.6) is 11.5 Å². The van der Waals surface area contributed by atoms with Crippen LogP contribution < -0.4 is 15.2 Å². The summed E-state index contributed by atoms with van der Waals surface area (Å²) in [6.45, 7) is 1.86. The molecule has 0 amide bonds. The molecule has 0 spiro atoms. The Labute approximate surface area is 106 Å². The predicted molar refractivity (Wildman–Crippen MR) is 66.5 cm³/mol. The van der Waals surface area contributed by atoms with Crippen molar-refractivity contribution in [2.24, 2.45) is 5.73 Å². The zero-order valence-corrected chi connectivity index (χ0v) is 10.8. The first-order valence-corrected chi connectivity index (χ1v) is 7.63. The van der Waals surface area contributed by atoms with Crippen LogP contribution in [0.4, 0.5) is 0 Å². The molecule has 3 rings (SSSR count). The fourth-order valence-electron chi connectivity index (χ4n) is 2.49. The molecule has 18 heavy (non-hydrogen) atoms. The number of sulfone groups is 1. The summed E-state index contributed by atoms with van der Waals surface area (Å²) in [7, 11) is -3.08. The summed E-state index contributed by atoms with van der Waals surface area (Å²) in [6, 6.07) is 5.19. The summed E-state index contributed by atoms with van der Waals surface area (Å²) in [5.74, 6) is 1.37. The largest absolute Gasteiger partial charge is 0.454 e. The molecule has 0 bridgehead atoms. The van der Waals surface area contributed by atoms with E-state index in [4.69, 9.17) is 15.2 Å². The van der Waals surface area contributed by atoms with Crippen molar-refractivity contribution in [1.82, 2.24) is 0 Å². The molecule has 0 unspecified atom stereocenters. The molecule has 0 radical (unpaired) electrons. The first kappa shape index (κ1) is 11.8. The van der Waals surface area contributed by atoms with Gasteiger partial charge in [-0.25, -0.2) is 8.42 Å². The standard InChI is InChI=1S/C12H15NO4S/c1-2-18(14,15)12-10(11(12)13)7-3-4-8-9(5-7)17-6-16-8/h3-5,10-12H,2,6,13H2,1H3/t10-,11+,12+/m0/s1. The van der Waals surface area contributed by atoms with Crippen LogP contribution in [0.25, 0.3) is 0 Å². The van der Waals surface area contributed by atoms with Crippen LogP contribution in [0.15, 0.2) is 18.2 Å². The second-order valence-electron chi connectivity index (χ2n) is 4.63. The Morgan fingerprint density at radius 1 is 1.33 bits per heavy atom. The van der Waals surface area contributed by atoms with E-state index < -0.39 is 15.1 Å². The second-order valence-corrected chi connectivity index (χ2v) is 7.08. The van der Waals surface area contributed by atoms with Crippen LogP contribution in [0, 0.1) is 0 Å². The van der Waals surface area contributed by atoms with Crippen molar-refractivity contribution in [2.45, 2.75) is 24.1 Å². The van der Waals surface area contributed by atoms with E-state index in [0.717, 1.165) is 5.56 Å². The van der Waals surface area contributed by atoms with Crippen molar-refractivity contribution in [3.05, 3.63) is 23.8 Å². The van der Waals surface area contributed by atoms with Gasteiger partial charge in [-0.2, -0.15) is 0 Å². The van der Waals surface area contributed by atoms with Crippen molar-refractivity contribution in [2.75, 3.05) is 12.5 Å². The van der Waals surface area contributed by atoms with Gasteiger partial charge in [0.25, 0.3) is 0 Å². The topological polar surface area (TPSA) is 78.6 Å². The average molecular weight is 269 g/mol. The van der Waals surface area contributed by atoms with Crippen LogP contribution in [0.1, 0.15) is 18.4 Å². The molecule has 1 saturated carbocycles. The molecular weight excluding hydrogens is 254 g/mol. The summed E-state index contributed by atoms with van der Waals surface area (Å²) >= 11 is 0. The van der Waals surface area contributed by atoms with E-state index in [9.17, 15) is 8.42 Å². The molecule has 5 nitrogen and oxygen atoms in total. The number of benzene rings is 1. The van der Waals surface area contributed by atoms with E-state index in [1.807, 2.05) is 12.1 Å². The van der Waals surface area contributed by atoms with E-state index >= 15 is 0 Å². The predicted octanol–water partition coefficient (Wildman–Crippen LogP) is 0.643. The average Bonchev–Trinajstić information content (AvgIpc) is 2.84. The lowest BCUT2D eigenvalue weighted by molar-refractivity contribution is 0.174. The highest BCUT2D eigenvalue weighted by atomic mass is 32.2. The van der Waals surface area contributed by atoms with Crippen molar-refractivity contribution >= 4 is 9.84 Å². The van der Waals surface area contributed by atoms with Gasteiger partial charge in [-0.05, 0) is 17.7 Å². The number of nitrogens with two attached hydrogens (primary N) is 1. The quantitative estimate of drug-likeness (QED) is 0.871. The third-order valence-corrected chi connectivity index (χ3v) is 5.85.